The molecule has 0 saturated heterocycles. The first kappa shape index (κ1) is 20.3. The zero-order valence-electron chi connectivity index (χ0n) is 15.2. The quantitative estimate of drug-likeness (QED) is 0.517. The molecule has 0 unspecified atom stereocenters. The Labute approximate surface area is 148 Å². The third kappa shape index (κ3) is 2.70. The number of halogens is 6. The first-order valence-corrected chi connectivity index (χ1v) is 8.04. The fraction of sp³-hybridized carbons (Fsp3) is 0.400. The maximum Gasteiger partial charge on any atom is 0.411 e. The summed E-state index contributed by atoms with van der Waals surface area (Å²) in [7, 11) is 0. The Kier molecular flexibility index (Phi) is 4.94. The van der Waals surface area contributed by atoms with Gasteiger partial charge in [-0.05, 0) is 73.6 Å². The van der Waals surface area contributed by atoms with Gasteiger partial charge in [0.1, 0.15) is 0 Å². The van der Waals surface area contributed by atoms with Crippen molar-refractivity contribution >= 4 is 0 Å². The van der Waals surface area contributed by atoms with Crippen LogP contribution in [0.5, 0.6) is 0 Å². The van der Waals surface area contributed by atoms with E-state index in [0.717, 1.165) is 12.1 Å². The van der Waals surface area contributed by atoms with Gasteiger partial charge < -0.3 is 0 Å². The van der Waals surface area contributed by atoms with Gasteiger partial charge in [0, 0.05) is 0 Å². The lowest BCUT2D eigenvalue weighted by molar-refractivity contribution is -0.289. The maximum atomic E-state index is 14.2. The van der Waals surface area contributed by atoms with Crippen molar-refractivity contribution in [1.29, 1.82) is 0 Å². The van der Waals surface area contributed by atoms with Crippen LogP contribution in [-0.2, 0) is 5.41 Å². The van der Waals surface area contributed by atoms with Crippen molar-refractivity contribution < 1.29 is 26.3 Å². The molecule has 0 aliphatic carbocycles. The van der Waals surface area contributed by atoms with Crippen molar-refractivity contribution in [2.75, 3.05) is 0 Å². The highest BCUT2D eigenvalue weighted by Gasteiger charge is 2.73. The van der Waals surface area contributed by atoms with Crippen molar-refractivity contribution in [3.05, 3.63) is 69.3 Å². The van der Waals surface area contributed by atoms with Crippen molar-refractivity contribution in [3.63, 3.8) is 0 Å². The second-order valence-electron chi connectivity index (χ2n) is 6.61. The van der Waals surface area contributed by atoms with Crippen LogP contribution in [0.2, 0.25) is 0 Å². The van der Waals surface area contributed by atoms with Gasteiger partial charge in [0.05, 0.1) is 0 Å². The van der Waals surface area contributed by atoms with E-state index in [4.69, 9.17) is 0 Å². The molecule has 0 atom stereocenters. The SMILES string of the molecule is Cc1c(C)c(C)c(C(c2ccccc2)(C(F)(F)F)C(F)(F)F)c(C)c1C. The van der Waals surface area contributed by atoms with Crippen LogP contribution in [0.25, 0.3) is 0 Å². The maximum absolute atomic E-state index is 14.2. The molecular formula is C20H20F6. The summed E-state index contributed by atoms with van der Waals surface area (Å²) in [6.45, 7) is 7.49. The summed E-state index contributed by atoms with van der Waals surface area (Å²) >= 11 is 0. The molecule has 2 rings (SSSR count). The lowest BCUT2D eigenvalue weighted by Crippen LogP contribution is -2.55. The number of rotatable bonds is 2. The van der Waals surface area contributed by atoms with Gasteiger partial charge in [0.2, 0.25) is 5.41 Å². The van der Waals surface area contributed by atoms with Gasteiger partial charge in [-0.15, -0.1) is 0 Å². The first-order valence-electron chi connectivity index (χ1n) is 8.04. The monoisotopic (exact) mass is 374 g/mol. The molecule has 0 spiro atoms. The molecule has 0 heterocycles. The van der Waals surface area contributed by atoms with Crippen LogP contribution in [0.15, 0.2) is 30.3 Å². The molecule has 6 heteroatoms. The summed E-state index contributed by atoms with van der Waals surface area (Å²) in [6, 6.07) is 5.57. The Bertz CT molecular complexity index is 770. The van der Waals surface area contributed by atoms with Gasteiger partial charge in [-0.25, -0.2) is 0 Å². The molecular weight excluding hydrogens is 354 g/mol. The second-order valence-corrected chi connectivity index (χ2v) is 6.61. The molecule has 0 fully saturated rings. The summed E-state index contributed by atoms with van der Waals surface area (Å²) in [6.07, 6.45) is -11.1. The molecule has 0 amide bonds. The summed E-state index contributed by atoms with van der Waals surface area (Å²) in [4.78, 5) is 0. The molecule has 0 aromatic heterocycles. The lowest BCUT2D eigenvalue weighted by atomic mass is 9.68. The molecule has 2 aromatic rings. The van der Waals surface area contributed by atoms with Gasteiger partial charge in [-0.3, -0.25) is 0 Å². The van der Waals surface area contributed by atoms with Gasteiger partial charge >= 0.3 is 12.4 Å². The average molecular weight is 374 g/mol. The summed E-state index contributed by atoms with van der Waals surface area (Å²) in [5.74, 6) is 0. The molecule has 142 valence electrons. The van der Waals surface area contributed by atoms with Crippen LogP contribution in [0.3, 0.4) is 0 Å². The van der Waals surface area contributed by atoms with Crippen LogP contribution >= 0.6 is 0 Å². The summed E-state index contributed by atoms with van der Waals surface area (Å²) in [5, 5.41) is 0. The molecule has 0 radical (unpaired) electrons. The van der Waals surface area contributed by atoms with Gasteiger partial charge in [0.25, 0.3) is 0 Å². The van der Waals surface area contributed by atoms with Crippen molar-refractivity contribution in [2.45, 2.75) is 52.4 Å². The Balaban J connectivity index is 3.16. The van der Waals surface area contributed by atoms with Gasteiger partial charge in [0.15, 0.2) is 0 Å². The molecule has 0 nitrogen and oxygen atoms in total. The fourth-order valence-corrected chi connectivity index (χ4v) is 3.67. The number of alkyl halides is 6. The smallest absolute Gasteiger partial charge is 0.169 e. The van der Waals surface area contributed by atoms with E-state index in [2.05, 4.69) is 0 Å². The van der Waals surface area contributed by atoms with Gasteiger partial charge in [-0.2, -0.15) is 26.3 Å². The van der Waals surface area contributed by atoms with E-state index >= 15 is 0 Å². The third-order valence-corrected chi connectivity index (χ3v) is 5.43. The standard InChI is InChI=1S/C20H20F6/c1-11-12(2)14(4)17(15(5)13(11)3)18(19(21,22)23,20(24,25)26)16-9-7-6-8-10-16/h6-10H,1-5H3. The van der Waals surface area contributed by atoms with E-state index in [0.29, 0.717) is 16.7 Å². The lowest BCUT2D eigenvalue weighted by Gasteiger charge is -2.41. The summed E-state index contributed by atoms with van der Waals surface area (Å²) in [5.41, 5.74) is -4.01. The minimum atomic E-state index is -5.56. The fourth-order valence-electron chi connectivity index (χ4n) is 3.67. The van der Waals surface area contributed by atoms with Crippen LogP contribution < -0.4 is 0 Å². The molecule has 0 bridgehead atoms. The molecule has 26 heavy (non-hydrogen) atoms. The molecule has 0 saturated carbocycles. The van der Waals surface area contributed by atoms with E-state index < -0.39 is 28.9 Å². The molecule has 2 aromatic carbocycles. The Morgan fingerprint density at radius 1 is 0.538 bits per heavy atom. The molecule has 0 aliphatic rings. The number of hydrogen-bond donors (Lipinski definition) is 0. The highest BCUT2D eigenvalue weighted by molar-refractivity contribution is 5.58. The minimum absolute atomic E-state index is 0.0177. The van der Waals surface area contributed by atoms with E-state index in [1.165, 1.54) is 32.0 Å². The van der Waals surface area contributed by atoms with Crippen molar-refractivity contribution in [1.82, 2.24) is 0 Å². The minimum Gasteiger partial charge on any atom is -0.169 e. The Morgan fingerprint density at radius 2 is 0.885 bits per heavy atom. The van der Waals surface area contributed by atoms with E-state index in [1.807, 2.05) is 0 Å². The van der Waals surface area contributed by atoms with E-state index in [-0.39, 0.29) is 11.1 Å². The Morgan fingerprint density at radius 3 is 1.23 bits per heavy atom. The zero-order valence-corrected chi connectivity index (χ0v) is 15.2. The normalized spacial score (nSPS) is 13.2. The second kappa shape index (κ2) is 6.32. The molecule has 0 N–H and O–H groups in total. The highest BCUT2D eigenvalue weighted by Crippen LogP contribution is 2.58. The van der Waals surface area contributed by atoms with Gasteiger partial charge in [-0.1, -0.05) is 30.3 Å². The molecule has 0 aliphatic heterocycles. The third-order valence-electron chi connectivity index (χ3n) is 5.43. The van der Waals surface area contributed by atoms with Crippen LogP contribution in [0.1, 0.15) is 38.9 Å². The number of benzene rings is 2. The largest absolute Gasteiger partial charge is 0.411 e. The average Bonchev–Trinajstić information content (AvgIpc) is 2.53. The van der Waals surface area contributed by atoms with Crippen LogP contribution in [0, 0.1) is 34.6 Å². The zero-order chi connectivity index (χ0) is 20.1. The predicted molar refractivity (Wildman–Crippen MR) is 89.5 cm³/mol. The first-order chi connectivity index (χ1) is 11.8. The van der Waals surface area contributed by atoms with Crippen LogP contribution in [-0.4, -0.2) is 12.4 Å². The van der Waals surface area contributed by atoms with Crippen LogP contribution in [0.4, 0.5) is 26.3 Å². The topological polar surface area (TPSA) is 0 Å². The predicted octanol–water partition coefficient (Wildman–Crippen LogP) is 6.64. The Hall–Kier alpha value is -1.98. The van der Waals surface area contributed by atoms with Crippen molar-refractivity contribution in [2.24, 2.45) is 0 Å². The number of hydrogen-bond acceptors (Lipinski definition) is 0. The summed E-state index contributed by atoms with van der Waals surface area (Å²) < 4.78 is 85.5. The highest BCUT2D eigenvalue weighted by atomic mass is 19.4. The van der Waals surface area contributed by atoms with E-state index in [1.54, 1.807) is 20.8 Å². The van der Waals surface area contributed by atoms with E-state index in [9.17, 15) is 26.3 Å². The van der Waals surface area contributed by atoms with Crippen molar-refractivity contribution in [3.8, 4) is 0 Å².